The van der Waals surface area contributed by atoms with E-state index in [4.69, 9.17) is 0 Å². The van der Waals surface area contributed by atoms with Crippen molar-refractivity contribution in [1.82, 2.24) is 0 Å². The predicted molar refractivity (Wildman–Crippen MR) is 200 cm³/mol. The van der Waals surface area contributed by atoms with Crippen molar-refractivity contribution in [3.8, 4) is 11.5 Å². The van der Waals surface area contributed by atoms with Crippen molar-refractivity contribution in [2.75, 3.05) is 4.90 Å². The van der Waals surface area contributed by atoms with Crippen LogP contribution in [0.3, 0.4) is 0 Å². The maximum absolute atomic E-state index is 10.0. The minimum absolute atomic E-state index is 0.237. The summed E-state index contributed by atoms with van der Waals surface area (Å²) in [7, 11) is 0. The highest BCUT2D eigenvalue weighted by Crippen LogP contribution is 2.42. The van der Waals surface area contributed by atoms with Crippen LogP contribution in [0.4, 0.5) is 17.1 Å². The molecule has 0 fully saturated rings. The summed E-state index contributed by atoms with van der Waals surface area (Å²) in [6.45, 7) is 15.4. The summed E-state index contributed by atoms with van der Waals surface area (Å²) >= 11 is 0. The lowest BCUT2D eigenvalue weighted by Gasteiger charge is -2.33. The van der Waals surface area contributed by atoms with Crippen LogP contribution in [0.15, 0.2) is 133 Å². The van der Waals surface area contributed by atoms with Crippen molar-refractivity contribution in [2.45, 2.75) is 59.3 Å². The summed E-state index contributed by atoms with van der Waals surface area (Å²) in [6.07, 6.45) is 0. The summed E-state index contributed by atoms with van der Waals surface area (Å²) in [4.78, 5) is 2.35. The Labute approximate surface area is 285 Å². The van der Waals surface area contributed by atoms with E-state index >= 15 is 0 Å². The average molecular weight is 632 g/mol. The van der Waals surface area contributed by atoms with Gasteiger partial charge in [-0.3, -0.25) is 0 Å². The zero-order valence-corrected chi connectivity index (χ0v) is 29.0. The van der Waals surface area contributed by atoms with Crippen molar-refractivity contribution in [3.63, 3.8) is 0 Å². The lowest BCUT2D eigenvalue weighted by Crippen LogP contribution is -2.26. The van der Waals surface area contributed by atoms with Gasteiger partial charge in [-0.25, -0.2) is 0 Å². The van der Waals surface area contributed by atoms with Crippen molar-refractivity contribution in [2.24, 2.45) is 0 Å². The van der Waals surface area contributed by atoms with Crippen molar-refractivity contribution in [1.29, 1.82) is 0 Å². The fourth-order valence-electron chi connectivity index (χ4n) is 6.68. The molecule has 0 aliphatic rings. The fraction of sp³-hybridized carbons (Fsp3) is 0.200. The zero-order valence-electron chi connectivity index (χ0n) is 29.0. The van der Waals surface area contributed by atoms with Crippen LogP contribution in [0.1, 0.15) is 70.8 Å². The van der Waals surface area contributed by atoms with Crippen LogP contribution >= 0.6 is 0 Å². The first-order valence-corrected chi connectivity index (χ1v) is 16.6. The van der Waals surface area contributed by atoms with Gasteiger partial charge in [0.15, 0.2) is 0 Å². The number of aryl methyl sites for hydroxylation is 4. The number of hydrogen-bond acceptors (Lipinski definition) is 3. The molecule has 0 aromatic heterocycles. The van der Waals surface area contributed by atoms with Gasteiger partial charge in [-0.2, -0.15) is 0 Å². The quantitative estimate of drug-likeness (QED) is 0.164. The standard InChI is InChI=1S/C45H45NO2/c1-30-8-20-40(28-32(30)3)46(41-21-9-31(2)33(4)29-41)39-22-14-35(15-23-39)44(5,6)34-10-12-36(13-11-34)45(7,37-16-24-42(47)25-17-37)38-18-26-43(48)27-19-38/h8-29,47-48H,1-7H3. The summed E-state index contributed by atoms with van der Waals surface area (Å²) in [5.74, 6) is 0.474. The van der Waals surface area contributed by atoms with Crippen LogP contribution in [0.5, 0.6) is 11.5 Å². The van der Waals surface area contributed by atoms with Gasteiger partial charge in [0.2, 0.25) is 0 Å². The number of benzene rings is 6. The minimum atomic E-state index is -0.488. The van der Waals surface area contributed by atoms with Crippen molar-refractivity contribution < 1.29 is 10.2 Å². The highest BCUT2D eigenvalue weighted by molar-refractivity contribution is 5.77. The van der Waals surface area contributed by atoms with Crippen LogP contribution in [0.25, 0.3) is 0 Å². The minimum Gasteiger partial charge on any atom is -0.508 e. The van der Waals surface area contributed by atoms with E-state index in [9.17, 15) is 10.2 Å². The third-order valence-electron chi connectivity index (χ3n) is 10.4. The Balaban J connectivity index is 1.35. The number of nitrogens with zero attached hydrogens (tertiary/aromatic N) is 1. The molecule has 242 valence electrons. The number of aromatic hydroxyl groups is 2. The highest BCUT2D eigenvalue weighted by atomic mass is 16.3. The second kappa shape index (κ2) is 12.7. The SMILES string of the molecule is Cc1ccc(N(c2ccc(C(C)(C)c3ccc(C(C)(c4ccc(O)cc4)c4ccc(O)cc4)cc3)cc2)c2ccc(C)c(C)c2)cc1C. The first-order valence-electron chi connectivity index (χ1n) is 16.6. The molecule has 0 spiro atoms. The second-order valence-electron chi connectivity index (χ2n) is 13.8. The lowest BCUT2D eigenvalue weighted by molar-refractivity contribution is 0.474. The molecule has 0 saturated carbocycles. The molecule has 2 N–H and O–H groups in total. The smallest absolute Gasteiger partial charge is 0.115 e. The first kappa shape index (κ1) is 32.7. The molecule has 0 aliphatic heterocycles. The van der Waals surface area contributed by atoms with Crippen LogP contribution in [0.2, 0.25) is 0 Å². The number of phenols is 2. The van der Waals surface area contributed by atoms with Crippen LogP contribution in [-0.2, 0) is 10.8 Å². The number of phenolic OH excluding ortho intramolecular Hbond substituents is 2. The molecule has 0 heterocycles. The van der Waals surface area contributed by atoms with E-state index in [1.807, 2.05) is 24.3 Å². The van der Waals surface area contributed by atoms with E-state index in [1.54, 1.807) is 24.3 Å². The Morgan fingerprint density at radius 1 is 0.375 bits per heavy atom. The van der Waals surface area contributed by atoms with Gasteiger partial charge in [-0.1, -0.05) is 86.6 Å². The van der Waals surface area contributed by atoms with E-state index in [0.717, 1.165) is 33.8 Å². The molecule has 6 aromatic carbocycles. The maximum Gasteiger partial charge on any atom is 0.115 e. The third-order valence-corrected chi connectivity index (χ3v) is 10.4. The molecule has 0 saturated heterocycles. The van der Waals surface area contributed by atoms with Gasteiger partial charge in [0.1, 0.15) is 11.5 Å². The van der Waals surface area contributed by atoms with Crippen molar-refractivity contribution in [3.05, 3.63) is 184 Å². The molecule has 3 heteroatoms. The van der Waals surface area contributed by atoms with E-state index in [1.165, 1.54) is 33.4 Å². The molecule has 6 aromatic rings. The van der Waals surface area contributed by atoms with Crippen LogP contribution in [0, 0.1) is 27.7 Å². The summed E-state index contributed by atoms with van der Waals surface area (Å²) < 4.78 is 0. The lowest BCUT2D eigenvalue weighted by atomic mass is 9.70. The van der Waals surface area contributed by atoms with Gasteiger partial charge in [0, 0.05) is 27.9 Å². The molecular formula is C45H45NO2. The summed E-state index contributed by atoms with van der Waals surface area (Å²) in [5, 5.41) is 20.0. The summed E-state index contributed by atoms with van der Waals surface area (Å²) in [5.41, 5.74) is 13.5. The highest BCUT2D eigenvalue weighted by Gasteiger charge is 2.32. The van der Waals surface area contributed by atoms with Gasteiger partial charge in [0.05, 0.1) is 0 Å². The van der Waals surface area contributed by atoms with Gasteiger partial charge in [-0.15, -0.1) is 0 Å². The van der Waals surface area contributed by atoms with Gasteiger partial charge in [-0.05, 0) is 145 Å². The van der Waals surface area contributed by atoms with E-state index in [-0.39, 0.29) is 16.9 Å². The van der Waals surface area contributed by atoms with Gasteiger partial charge < -0.3 is 15.1 Å². The van der Waals surface area contributed by atoms with Crippen LogP contribution < -0.4 is 4.90 Å². The maximum atomic E-state index is 10.0. The topological polar surface area (TPSA) is 43.7 Å². The molecule has 0 unspecified atom stereocenters. The molecule has 0 bridgehead atoms. The Kier molecular flexibility index (Phi) is 8.66. The molecule has 48 heavy (non-hydrogen) atoms. The Hall–Kier alpha value is -5.28. The Morgan fingerprint density at radius 2 is 0.688 bits per heavy atom. The number of rotatable bonds is 8. The van der Waals surface area contributed by atoms with Crippen LogP contribution in [-0.4, -0.2) is 10.2 Å². The first-order chi connectivity index (χ1) is 22.9. The van der Waals surface area contributed by atoms with E-state index in [0.29, 0.717) is 0 Å². The van der Waals surface area contributed by atoms with E-state index in [2.05, 4.69) is 138 Å². The normalized spacial score (nSPS) is 11.8. The number of anilines is 3. The number of hydrogen-bond donors (Lipinski definition) is 2. The molecule has 3 nitrogen and oxygen atoms in total. The molecule has 0 amide bonds. The second-order valence-corrected chi connectivity index (χ2v) is 13.8. The monoisotopic (exact) mass is 631 g/mol. The fourth-order valence-corrected chi connectivity index (χ4v) is 6.68. The Morgan fingerprint density at radius 3 is 1.06 bits per heavy atom. The van der Waals surface area contributed by atoms with Gasteiger partial charge >= 0.3 is 0 Å². The summed E-state index contributed by atoms with van der Waals surface area (Å²) in [6, 6.07) is 46.1. The van der Waals surface area contributed by atoms with E-state index < -0.39 is 5.41 Å². The third kappa shape index (κ3) is 6.09. The molecule has 6 rings (SSSR count). The predicted octanol–water partition coefficient (Wildman–Crippen LogP) is 11.5. The molecule has 0 radical (unpaired) electrons. The molecule has 0 atom stereocenters. The largest absolute Gasteiger partial charge is 0.508 e. The van der Waals surface area contributed by atoms with Crippen molar-refractivity contribution >= 4 is 17.1 Å². The zero-order chi connectivity index (χ0) is 34.2. The molecular weight excluding hydrogens is 587 g/mol. The average Bonchev–Trinajstić information content (AvgIpc) is 3.08. The Bertz CT molecular complexity index is 1940. The molecule has 0 aliphatic carbocycles. The van der Waals surface area contributed by atoms with Gasteiger partial charge in [0.25, 0.3) is 0 Å².